The third-order valence-electron chi connectivity index (χ3n) is 5.27. The number of nitrogens with zero attached hydrogens (tertiary/aromatic N) is 2. The number of benzene rings is 2. The molecule has 2 aromatic heterocycles. The molecule has 4 nitrogen and oxygen atoms in total. The number of phenols is 1. The van der Waals surface area contributed by atoms with Gasteiger partial charge in [-0.05, 0) is 49.4 Å². The number of phenolic OH excluding ortho intramolecular Hbond substituents is 1. The van der Waals surface area contributed by atoms with Crippen LogP contribution in [-0.2, 0) is 12.8 Å². The smallest absolute Gasteiger partial charge is 0.137 e. The molecule has 0 unspecified atom stereocenters. The van der Waals surface area contributed by atoms with E-state index < -0.39 is 0 Å². The van der Waals surface area contributed by atoms with E-state index >= 15 is 0 Å². The highest BCUT2D eigenvalue weighted by Gasteiger charge is 2.20. The highest BCUT2D eigenvalue weighted by atomic mass is 32.1. The van der Waals surface area contributed by atoms with Crippen molar-refractivity contribution in [2.24, 2.45) is 4.99 Å². The summed E-state index contributed by atoms with van der Waals surface area (Å²) < 4.78 is 6.09. The number of aryl methyl sites for hydroxylation is 1. The molecule has 1 aliphatic carbocycles. The molecule has 2 aromatic carbocycles. The number of thiophene rings is 1. The fraction of sp³-hybridized carbons (Fsp3) is 0.167. The fourth-order valence-electron chi connectivity index (χ4n) is 3.85. The van der Waals surface area contributed by atoms with E-state index in [1.54, 1.807) is 29.5 Å². The van der Waals surface area contributed by atoms with Crippen molar-refractivity contribution in [1.29, 1.82) is 5.26 Å². The first-order valence-electron chi connectivity index (χ1n) is 9.64. The van der Waals surface area contributed by atoms with E-state index in [4.69, 9.17) is 9.41 Å². The Morgan fingerprint density at radius 2 is 1.86 bits per heavy atom. The number of hydrogen-bond acceptors (Lipinski definition) is 5. The topological polar surface area (TPSA) is 69.5 Å². The molecule has 0 aliphatic heterocycles. The van der Waals surface area contributed by atoms with Crippen molar-refractivity contribution in [1.82, 2.24) is 0 Å². The molecule has 1 aliphatic rings. The maximum Gasteiger partial charge on any atom is 0.137 e. The van der Waals surface area contributed by atoms with Gasteiger partial charge in [0.05, 0.1) is 10.9 Å². The summed E-state index contributed by atoms with van der Waals surface area (Å²) in [6.45, 7) is 0. The molecule has 0 radical (unpaired) electrons. The first kappa shape index (κ1) is 17.7. The predicted molar refractivity (Wildman–Crippen MR) is 114 cm³/mol. The van der Waals surface area contributed by atoms with Crippen LogP contribution in [0.4, 0.5) is 5.00 Å². The minimum atomic E-state index is 0.155. The molecule has 2 heterocycles. The van der Waals surface area contributed by atoms with E-state index in [2.05, 4.69) is 6.07 Å². The summed E-state index contributed by atoms with van der Waals surface area (Å²) in [7, 11) is 0. The summed E-state index contributed by atoms with van der Waals surface area (Å²) in [6, 6.07) is 19.1. The molecule has 0 saturated heterocycles. The molecule has 142 valence electrons. The van der Waals surface area contributed by atoms with E-state index in [-0.39, 0.29) is 5.75 Å². The monoisotopic (exact) mass is 398 g/mol. The van der Waals surface area contributed by atoms with E-state index in [1.807, 2.05) is 36.4 Å². The molecule has 0 fully saturated rings. The van der Waals surface area contributed by atoms with E-state index in [9.17, 15) is 10.4 Å². The van der Waals surface area contributed by atoms with Crippen molar-refractivity contribution in [2.75, 3.05) is 0 Å². The third kappa shape index (κ3) is 3.22. The molecule has 4 aromatic rings. The van der Waals surface area contributed by atoms with Crippen molar-refractivity contribution in [2.45, 2.75) is 25.7 Å². The summed E-state index contributed by atoms with van der Waals surface area (Å²) in [5, 5.41) is 21.9. The van der Waals surface area contributed by atoms with Gasteiger partial charge in [-0.15, -0.1) is 11.3 Å². The molecule has 5 rings (SSSR count). The maximum absolute atomic E-state index is 10.0. The summed E-state index contributed by atoms with van der Waals surface area (Å²) >= 11 is 1.61. The van der Waals surface area contributed by atoms with Crippen LogP contribution in [0.25, 0.3) is 22.3 Å². The molecule has 0 saturated carbocycles. The Balaban J connectivity index is 1.79. The van der Waals surface area contributed by atoms with Gasteiger partial charge in [0.25, 0.3) is 0 Å². The normalized spacial score (nSPS) is 14.0. The van der Waals surface area contributed by atoms with E-state index in [1.165, 1.54) is 10.4 Å². The quantitative estimate of drug-likeness (QED) is 0.460. The molecular weight excluding hydrogens is 380 g/mol. The van der Waals surface area contributed by atoms with Gasteiger partial charge in [-0.2, -0.15) is 5.26 Å². The fourth-order valence-corrected chi connectivity index (χ4v) is 5.07. The number of fused-ring (bicyclic) bond motifs is 2. The lowest BCUT2D eigenvalue weighted by Crippen LogP contribution is -2.03. The predicted octanol–water partition coefficient (Wildman–Crippen LogP) is 5.85. The largest absolute Gasteiger partial charge is 0.508 e. The lowest BCUT2D eigenvalue weighted by molar-refractivity contribution is 0.475. The molecule has 0 amide bonds. The van der Waals surface area contributed by atoms with Crippen LogP contribution >= 0.6 is 11.3 Å². The number of hydrogen-bond donors (Lipinski definition) is 1. The molecule has 0 atom stereocenters. The van der Waals surface area contributed by atoms with Crippen LogP contribution in [0.5, 0.6) is 5.75 Å². The van der Waals surface area contributed by atoms with E-state index in [0.717, 1.165) is 41.6 Å². The van der Waals surface area contributed by atoms with Gasteiger partial charge < -0.3 is 9.52 Å². The Hall–Kier alpha value is -3.36. The van der Waals surface area contributed by atoms with Gasteiger partial charge in [-0.3, -0.25) is 0 Å². The number of rotatable bonds is 2. The second kappa shape index (κ2) is 7.23. The van der Waals surface area contributed by atoms with Crippen LogP contribution in [0.15, 0.2) is 64.0 Å². The zero-order valence-corrected chi connectivity index (χ0v) is 16.5. The lowest BCUT2D eigenvalue weighted by Gasteiger charge is -2.09. The summed E-state index contributed by atoms with van der Waals surface area (Å²) in [5.41, 5.74) is 3.45. The second-order valence-corrected chi connectivity index (χ2v) is 8.24. The van der Waals surface area contributed by atoms with Crippen molar-refractivity contribution in [3.63, 3.8) is 0 Å². The SMILES string of the molecule is N#Cc1c(N=c2cc(-c3ccccc3)oc3ccc(O)cc23)sc2c1CCCC2. The molecule has 1 N–H and O–H groups in total. The minimum absolute atomic E-state index is 0.155. The molecule has 5 heteroatoms. The van der Waals surface area contributed by atoms with E-state index in [0.29, 0.717) is 22.3 Å². The lowest BCUT2D eigenvalue weighted by atomic mass is 9.96. The third-order valence-corrected chi connectivity index (χ3v) is 6.46. The van der Waals surface area contributed by atoms with Crippen LogP contribution in [0, 0.1) is 11.3 Å². The summed E-state index contributed by atoms with van der Waals surface area (Å²) in [6.07, 6.45) is 4.25. The van der Waals surface area contributed by atoms with Crippen LogP contribution < -0.4 is 5.36 Å². The second-order valence-electron chi connectivity index (χ2n) is 7.16. The molecule has 0 spiro atoms. The van der Waals surface area contributed by atoms with Gasteiger partial charge in [0.1, 0.15) is 28.2 Å². The highest BCUT2D eigenvalue weighted by molar-refractivity contribution is 7.16. The summed E-state index contributed by atoms with van der Waals surface area (Å²) in [5.74, 6) is 0.852. The van der Waals surface area contributed by atoms with Crippen LogP contribution in [0.2, 0.25) is 0 Å². The van der Waals surface area contributed by atoms with Crippen LogP contribution in [-0.4, -0.2) is 5.11 Å². The van der Waals surface area contributed by atoms with Gasteiger partial charge >= 0.3 is 0 Å². The standard InChI is InChI=1S/C24H18N2O2S/c25-14-19-17-8-4-5-9-23(17)29-24(19)26-20-13-22(15-6-2-1-3-7-15)28-21-11-10-16(27)12-18(20)21/h1-3,6-7,10-13,27H,4-5,8-9H2. The van der Waals surface area contributed by atoms with Crippen molar-refractivity contribution >= 4 is 27.3 Å². The van der Waals surface area contributed by atoms with Crippen LogP contribution in [0.3, 0.4) is 0 Å². The van der Waals surface area contributed by atoms with Crippen molar-refractivity contribution in [3.05, 3.63) is 76.0 Å². The van der Waals surface area contributed by atoms with Gasteiger partial charge in [-0.1, -0.05) is 30.3 Å². The average Bonchev–Trinajstić information content (AvgIpc) is 3.11. The van der Waals surface area contributed by atoms with Gasteiger partial charge in [0.15, 0.2) is 0 Å². The molecular formula is C24H18N2O2S. The Bertz CT molecular complexity index is 1330. The first-order valence-corrected chi connectivity index (χ1v) is 10.5. The van der Waals surface area contributed by atoms with Gasteiger partial charge in [0, 0.05) is 21.9 Å². The Kier molecular flexibility index (Phi) is 4.42. The number of aromatic hydroxyl groups is 1. The summed E-state index contributed by atoms with van der Waals surface area (Å²) in [4.78, 5) is 6.18. The average molecular weight is 398 g/mol. The highest BCUT2D eigenvalue weighted by Crippen LogP contribution is 2.39. The van der Waals surface area contributed by atoms with Gasteiger partial charge in [-0.25, -0.2) is 4.99 Å². The molecule has 0 bridgehead atoms. The van der Waals surface area contributed by atoms with Crippen molar-refractivity contribution in [3.8, 4) is 23.1 Å². The number of nitriles is 1. The van der Waals surface area contributed by atoms with Crippen molar-refractivity contribution < 1.29 is 9.52 Å². The zero-order chi connectivity index (χ0) is 19.8. The zero-order valence-electron chi connectivity index (χ0n) is 15.7. The van der Waals surface area contributed by atoms with Crippen LogP contribution in [0.1, 0.15) is 28.8 Å². The minimum Gasteiger partial charge on any atom is -0.508 e. The Labute approximate surface area is 172 Å². The maximum atomic E-state index is 10.0. The Morgan fingerprint density at radius 3 is 2.69 bits per heavy atom. The first-order chi connectivity index (χ1) is 14.2. The molecule has 29 heavy (non-hydrogen) atoms. The van der Waals surface area contributed by atoms with Gasteiger partial charge in [0.2, 0.25) is 0 Å². The Morgan fingerprint density at radius 1 is 1.03 bits per heavy atom.